The molecule has 0 aliphatic carbocycles. The third-order valence-electron chi connectivity index (χ3n) is 7.34. The lowest BCUT2D eigenvalue weighted by Crippen LogP contribution is -2.65. The van der Waals surface area contributed by atoms with Crippen LogP contribution in [0.15, 0.2) is 6.33 Å². The zero-order valence-electron chi connectivity index (χ0n) is 21.7. The van der Waals surface area contributed by atoms with Gasteiger partial charge in [0.25, 0.3) is 0 Å². The van der Waals surface area contributed by atoms with Gasteiger partial charge < -0.3 is 28.5 Å². The number of hydrogen-bond acceptors (Lipinski definition) is 9. The van der Waals surface area contributed by atoms with E-state index in [-0.39, 0.29) is 39.9 Å². The zero-order valence-corrected chi connectivity index (χ0v) is 24.5. The highest BCUT2D eigenvalue weighted by molar-refractivity contribution is 6.84. The molecule has 0 unspecified atom stereocenters. The molecule has 2 aliphatic heterocycles. The first-order valence-corrected chi connectivity index (χ1v) is 16.7. The lowest BCUT2D eigenvalue weighted by molar-refractivity contribution is -0.0570. The Labute approximate surface area is 214 Å². The molecular weight excluding hydrogens is 506 g/mol. The van der Waals surface area contributed by atoms with Gasteiger partial charge in [-0.25, -0.2) is 4.98 Å². The highest BCUT2D eigenvalue weighted by atomic mass is 35.5. The Morgan fingerprint density at radius 2 is 1.63 bits per heavy atom. The minimum absolute atomic E-state index is 0.000994. The van der Waals surface area contributed by atoms with Crippen LogP contribution >= 0.6 is 11.6 Å². The quantitative estimate of drug-likeness (QED) is 0.419. The summed E-state index contributed by atoms with van der Waals surface area (Å²) in [6.07, 6.45) is -1.39. The summed E-state index contributed by atoms with van der Waals surface area (Å²) in [5.74, 6) is 0.168. The van der Waals surface area contributed by atoms with Gasteiger partial charge >= 0.3 is 17.1 Å². The van der Waals surface area contributed by atoms with Crippen molar-refractivity contribution in [2.45, 2.75) is 102 Å². The molecule has 0 aromatic carbocycles. The van der Waals surface area contributed by atoms with Crippen molar-refractivity contribution in [3.05, 3.63) is 11.6 Å². The molecule has 35 heavy (non-hydrogen) atoms. The molecule has 10 nitrogen and oxygen atoms in total. The van der Waals surface area contributed by atoms with Crippen molar-refractivity contribution in [1.82, 2.24) is 19.5 Å². The first-order valence-electron chi connectivity index (χ1n) is 12.3. The Balaban J connectivity index is 1.78. The van der Waals surface area contributed by atoms with E-state index in [0.717, 1.165) is 0 Å². The zero-order chi connectivity index (χ0) is 25.9. The first kappa shape index (κ1) is 26.9. The second kappa shape index (κ2) is 9.64. The third-order valence-corrected chi connectivity index (χ3v) is 17.8. The number of nitrogens with zero attached hydrogens (tertiary/aromatic N) is 4. The van der Waals surface area contributed by atoms with Crippen molar-refractivity contribution in [2.75, 3.05) is 12.3 Å². The Bertz CT molecular complexity index is 1050. The first-order chi connectivity index (χ1) is 16.3. The van der Waals surface area contributed by atoms with E-state index in [0.29, 0.717) is 11.2 Å². The molecule has 196 valence electrons. The second-order valence-corrected chi connectivity index (χ2v) is 20.0. The number of nitrogens with two attached hydrogens (primary N) is 1. The Kier molecular flexibility index (Phi) is 7.41. The number of ether oxygens (including phenoxy) is 1. The number of imidazole rings is 1. The number of hydrogen-bond donors (Lipinski definition) is 2. The minimum atomic E-state index is -2.89. The summed E-state index contributed by atoms with van der Waals surface area (Å²) in [6, 6.07) is 0. The fraction of sp³-hybridized carbons (Fsp3) is 0.773. The van der Waals surface area contributed by atoms with E-state index in [1.165, 1.54) is 6.33 Å². The van der Waals surface area contributed by atoms with Crippen LogP contribution in [0.4, 0.5) is 5.82 Å². The number of anilines is 1. The normalized spacial score (nSPS) is 28.7. The molecule has 4 rings (SSSR count). The van der Waals surface area contributed by atoms with Gasteiger partial charge in [-0.2, -0.15) is 9.97 Å². The summed E-state index contributed by atoms with van der Waals surface area (Å²) in [7, 11) is -5.60. The molecule has 2 aliphatic rings. The monoisotopic (exact) mass is 543 g/mol. The highest BCUT2D eigenvalue weighted by Gasteiger charge is 2.61. The molecule has 2 aromatic rings. The molecule has 2 aromatic heterocycles. The molecule has 0 amide bonds. The van der Waals surface area contributed by atoms with Gasteiger partial charge in [0.05, 0.1) is 12.9 Å². The van der Waals surface area contributed by atoms with E-state index >= 15 is 0 Å². The molecule has 4 atom stereocenters. The molecule has 4 heterocycles. The number of aromatic nitrogens is 4. The van der Waals surface area contributed by atoms with Crippen LogP contribution in [0.2, 0.25) is 27.4 Å². The van der Waals surface area contributed by atoms with Crippen molar-refractivity contribution in [3.8, 4) is 0 Å². The molecule has 0 spiro atoms. The molecule has 13 heteroatoms. The van der Waals surface area contributed by atoms with Crippen LogP contribution in [0.25, 0.3) is 11.2 Å². The largest absolute Gasteiger partial charge is 0.414 e. The molecule has 0 radical (unpaired) electrons. The topological polar surface area (TPSA) is 127 Å². The molecule has 0 bridgehead atoms. The fourth-order valence-electron chi connectivity index (χ4n) is 5.46. The number of halogens is 1. The summed E-state index contributed by atoms with van der Waals surface area (Å²) in [4.78, 5) is 12.6. The summed E-state index contributed by atoms with van der Waals surface area (Å²) in [5, 5.41) is 11.5. The predicted molar refractivity (Wildman–Crippen MR) is 138 cm³/mol. The number of aliphatic hydroxyl groups excluding tert-OH is 1. The standard InChI is InChI=1S/C22H38ClN5O5Si2/c1-11(2)34(12(3)4)30-9-15-18(32-35(33-34,13(5)6)14(7)8)17(29)21(31-15)28-10-25-16-19(24)26-22(23)27-20(16)28/h10-15,17-18,21,29H,9H2,1-8H3,(H2,24,26,27)/t15-,17-,18-,21-/m1/s1. The lowest BCUT2D eigenvalue weighted by Gasteiger charge is -2.51. The van der Waals surface area contributed by atoms with Gasteiger partial charge in [0.15, 0.2) is 17.7 Å². The smallest absolute Gasteiger partial charge is 0.335 e. The van der Waals surface area contributed by atoms with Crippen LogP contribution in [0.3, 0.4) is 0 Å². The van der Waals surface area contributed by atoms with Crippen molar-refractivity contribution in [3.63, 3.8) is 0 Å². The summed E-state index contributed by atoms with van der Waals surface area (Å²) in [5.41, 5.74) is 7.49. The maximum atomic E-state index is 11.5. The van der Waals surface area contributed by atoms with E-state index in [9.17, 15) is 5.11 Å². The van der Waals surface area contributed by atoms with Crippen molar-refractivity contribution >= 4 is 45.7 Å². The molecule has 2 fully saturated rings. The fourth-order valence-corrected chi connectivity index (χ4v) is 16.8. The number of aliphatic hydroxyl groups is 1. The van der Waals surface area contributed by atoms with E-state index in [1.54, 1.807) is 4.57 Å². The maximum Gasteiger partial charge on any atom is 0.335 e. The SMILES string of the molecule is CC(C)[Si]1(C(C)C)OC[C@H]2O[C@@H](n3cnc4c(N)nc(Cl)nc43)[C@H](O)[C@@H]2O[Si](C(C)C)(C(C)C)O1. The molecule has 0 saturated carbocycles. The van der Waals surface area contributed by atoms with Gasteiger partial charge in [-0.15, -0.1) is 0 Å². The lowest BCUT2D eigenvalue weighted by atomic mass is 10.1. The number of nitrogen functional groups attached to an aromatic ring is 1. The summed E-state index contributed by atoms with van der Waals surface area (Å²) < 4.78 is 29.0. The van der Waals surface area contributed by atoms with Crippen LogP contribution < -0.4 is 5.73 Å². The summed E-state index contributed by atoms with van der Waals surface area (Å²) >= 11 is 6.06. The van der Waals surface area contributed by atoms with E-state index in [2.05, 4.69) is 70.3 Å². The molecular formula is C22H38ClN5O5Si2. The third kappa shape index (κ3) is 4.35. The van der Waals surface area contributed by atoms with Gasteiger partial charge in [-0.3, -0.25) is 4.57 Å². The number of fused-ring (bicyclic) bond motifs is 2. The minimum Gasteiger partial charge on any atom is -0.414 e. The predicted octanol–water partition coefficient (Wildman–Crippen LogP) is 4.28. The highest BCUT2D eigenvalue weighted by Crippen LogP contribution is 2.48. The van der Waals surface area contributed by atoms with Crippen molar-refractivity contribution in [1.29, 1.82) is 0 Å². The van der Waals surface area contributed by atoms with Crippen LogP contribution in [-0.4, -0.2) is 66.7 Å². The van der Waals surface area contributed by atoms with Crippen LogP contribution in [-0.2, 0) is 17.7 Å². The van der Waals surface area contributed by atoms with E-state index in [1.807, 2.05) is 0 Å². The molecule has 3 N–H and O–H groups in total. The van der Waals surface area contributed by atoms with E-state index in [4.69, 9.17) is 35.0 Å². The Morgan fingerprint density at radius 3 is 2.20 bits per heavy atom. The van der Waals surface area contributed by atoms with Gasteiger partial charge in [-0.1, -0.05) is 55.4 Å². The van der Waals surface area contributed by atoms with E-state index < -0.39 is 41.7 Å². The Morgan fingerprint density at radius 1 is 1.03 bits per heavy atom. The van der Waals surface area contributed by atoms with Crippen LogP contribution in [0, 0.1) is 0 Å². The van der Waals surface area contributed by atoms with Crippen LogP contribution in [0.1, 0.15) is 61.6 Å². The van der Waals surface area contributed by atoms with Crippen molar-refractivity contribution < 1.29 is 22.8 Å². The van der Waals surface area contributed by atoms with Gasteiger partial charge in [0.2, 0.25) is 5.28 Å². The average Bonchev–Trinajstić information content (AvgIpc) is 3.28. The Hall–Kier alpha value is -1.13. The van der Waals surface area contributed by atoms with Gasteiger partial charge in [0, 0.05) is 0 Å². The summed E-state index contributed by atoms with van der Waals surface area (Å²) in [6.45, 7) is 17.5. The average molecular weight is 544 g/mol. The number of rotatable bonds is 5. The maximum absolute atomic E-state index is 11.5. The second-order valence-electron chi connectivity index (χ2n) is 10.8. The van der Waals surface area contributed by atoms with Gasteiger partial charge in [0.1, 0.15) is 23.8 Å². The van der Waals surface area contributed by atoms with Crippen molar-refractivity contribution in [2.24, 2.45) is 0 Å². The van der Waals surface area contributed by atoms with Gasteiger partial charge in [-0.05, 0) is 33.8 Å². The van der Waals surface area contributed by atoms with Crippen LogP contribution in [0.5, 0.6) is 0 Å². The molecule has 2 saturated heterocycles.